The SMILES string of the molecule is CC(C)(C)OC(=O)N1CC(c2cocn2)CC[C@H](O[Si](C)(C)C(C)(C)C)C1. The first kappa shape index (κ1) is 22.0. The molecule has 0 aromatic carbocycles. The second-order valence-corrected chi connectivity index (χ2v) is 14.8. The van der Waals surface area contributed by atoms with Gasteiger partial charge in [0.25, 0.3) is 0 Å². The molecule has 0 radical (unpaired) electrons. The number of hydrogen-bond acceptors (Lipinski definition) is 5. The lowest BCUT2D eigenvalue weighted by molar-refractivity contribution is 0.0176. The van der Waals surface area contributed by atoms with Crippen molar-refractivity contribution in [2.24, 2.45) is 0 Å². The maximum Gasteiger partial charge on any atom is 0.410 e. The number of amides is 1. The van der Waals surface area contributed by atoms with E-state index in [0.717, 1.165) is 18.5 Å². The van der Waals surface area contributed by atoms with Crippen LogP contribution in [0.25, 0.3) is 0 Å². The van der Waals surface area contributed by atoms with E-state index in [9.17, 15) is 4.79 Å². The fourth-order valence-electron chi connectivity index (χ4n) is 2.99. The van der Waals surface area contributed by atoms with Crippen LogP contribution in [0.5, 0.6) is 0 Å². The highest BCUT2D eigenvalue weighted by atomic mass is 28.4. The predicted octanol–water partition coefficient (Wildman–Crippen LogP) is 5.18. The third-order valence-corrected chi connectivity index (χ3v) is 10.0. The van der Waals surface area contributed by atoms with E-state index in [-0.39, 0.29) is 23.2 Å². The van der Waals surface area contributed by atoms with Gasteiger partial charge < -0.3 is 18.5 Å². The largest absolute Gasteiger partial charge is 0.451 e. The molecule has 1 amide bonds. The van der Waals surface area contributed by atoms with E-state index in [1.54, 1.807) is 11.2 Å². The molecule has 1 aliphatic heterocycles. The van der Waals surface area contributed by atoms with Gasteiger partial charge in [0.05, 0.1) is 11.8 Å². The van der Waals surface area contributed by atoms with Crippen LogP contribution in [0, 0.1) is 0 Å². The molecule has 1 unspecified atom stereocenters. The average molecular weight is 397 g/mol. The third kappa shape index (κ3) is 6.07. The van der Waals surface area contributed by atoms with Crippen LogP contribution in [0.15, 0.2) is 17.1 Å². The monoisotopic (exact) mass is 396 g/mol. The van der Waals surface area contributed by atoms with Crippen LogP contribution in [0.3, 0.4) is 0 Å². The number of aromatic nitrogens is 1. The van der Waals surface area contributed by atoms with Crippen molar-refractivity contribution in [3.8, 4) is 0 Å². The van der Waals surface area contributed by atoms with E-state index in [0.29, 0.717) is 13.1 Å². The van der Waals surface area contributed by atoms with Crippen molar-refractivity contribution in [3.05, 3.63) is 18.4 Å². The zero-order valence-corrected chi connectivity index (χ0v) is 19.2. The zero-order valence-electron chi connectivity index (χ0n) is 18.2. The molecule has 0 N–H and O–H groups in total. The average Bonchev–Trinajstić information content (AvgIpc) is 2.93. The highest BCUT2D eigenvalue weighted by Gasteiger charge is 2.41. The summed E-state index contributed by atoms with van der Waals surface area (Å²) >= 11 is 0. The zero-order chi connectivity index (χ0) is 20.5. The van der Waals surface area contributed by atoms with Crippen LogP contribution >= 0.6 is 0 Å². The van der Waals surface area contributed by atoms with Gasteiger partial charge in [0, 0.05) is 19.0 Å². The number of nitrogens with zero attached hydrogens (tertiary/aromatic N) is 2. The van der Waals surface area contributed by atoms with E-state index in [2.05, 4.69) is 38.8 Å². The van der Waals surface area contributed by atoms with Crippen molar-refractivity contribution >= 4 is 14.4 Å². The Kier molecular flexibility index (Phi) is 6.47. The highest BCUT2D eigenvalue weighted by Crippen LogP contribution is 2.39. The van der Waals surface area contributed by atoms with E-state index in [1.165, 1.54) is 6.39 Å². The standard InChI is InChI=1S/C20H36N2O4Si/c1-19(2,3)25-18(23)22-11-15(17-13-24-14-21-17)9-10-16(12-22)26-27(7,8)20(4,5)6/h13-16H,9-12H2,1-8H3/t15?,16-/m0/s1. The summed E-state index contributed by atoms with van der Waals surface area (Å²) in [7, 11) is -1.93. The third-order valence-electron chi connectivity index (χ3n) is 5.49. The molecule has 1 aromatic heterocycles. The fourth-order valence-corrected chi connectivity index (χ4v) is 4.37. The Morgan fingerprint density at radius 3 is 2.37 bits per heavy atom. The van der Waals surface area contributed by atoms with Gasteiger partial charge in [-0.2, -0.15) is 0 Å². The summed E-state index contributed by atoms with van der Waals surface area (Å²) in [5.74, 6) is 0.129. The van der Waals surface area contributed by atoms with Gasteiger partial charge in [0.2, 0.25) is 0 Å². The molecule has 0 saturated carbocycles. The first-order chi connectivity index (χ1) is 12.3. The topological polar surface area (TPSA) is 64.8 Å². The summed E-state index contributed by atoms with van der Waals surface area (Å²) < 4.78 is 17.5. The summed E-state index contributed by atoms with van der Waals surface area (Å²) in [6.45, 7) is 18.0. The van der Waals surface area contributed by atoms with Crippen molar-refractivity contribution in [2.75, 3.05) is 13.1 Å². The molecule has 1 saturated heterocycles. The van der Waals surface area contributed by atoms with Crippen LogP contribution in [0.2, 0.25) is 18.1 Å². The van der Waals surface area contributed by atoms with Crippen molar-refractivity contribution in [2.45, 2.75) is 90.1 Å². The summed E-state index contributed by atoms with van der Waals surface area (Å²) in [5.41, 5.74) is 0.360. The number of hydrogen-bond donors (Lipinski definition) is 0. The van der Waals surface area contributed by atoms with Crippen LogP contribution in [0.4, 0.5) is 4.79 Å². The highest BCUT2D eigenvalue weighted by molar-refractivity contribution is 6.74. The van der Waals surface area contributed by atoms with Gasteiger partial charge in [-0.3, -0.25) is 0 Å². The van der Waals surface area contributed by atoms with Gasteiger partial charge in [-0.15, -0.1) is 0 Å². The van der Waals surface area contributed by atoms with Gasteiger partial charge in [0.15, 0.2) is 14.7 Å². The molecule has 0 spiro atoms. The van der Waals surface area contributed by atoms with Gasteiger partial charge in [0.1, 0.15) is 11.9 Å². The number of rotatable bonds is 3. The van der Waals surface area contributed by atoms with E-state index in [1.807, 2.05) is 20.8 Å². The molecule has 27 heavy (non-hydrogen) atoms. The fraction of sp³-hybridized carbons (Fsp3) is 0.800. The van der Waals surface area contributed by atoms with Crippen LogP contribution < -0.4 is 0 Å². The maximum atomic E-state index is 12.8. The normalized spacial score (nSPS) is 22.4. The smallest absolute Gasteiger partial charge is 0.410 e. The molecule has 0 bridgehead atoms. The molecule has 154 valence electrons. The second-order valence-electron chi connectivity index (χ2n) is 10.1. The Balaban J connectivity index is 2.20. The van der Waals surface area contributed by atoms with Gasteiger partial charge in [-0.05, 0) is 51.7 Å². The molecule has 1 aromatic rings. The molecule has 2 rings (SSSR count). The first-order valence-electron chi connectivity index (χ1n) is 9.82. The van der Waals surface area contributed by atoms with Crippen molar-refractivity contribution < 1.29 is 18.4 Å². The molecule has 7 heteroatoms. The number of oxazole rings is 1. The maximum absolute atomic E-state index is 12.8. The Morgan fingerprint density at radius 1 is 1.19 bits per heavy atom. The minimum absolute atomic E-state index is 0.00955. The Morgan fingerprint density at radius 2 is 1.85 bits per heavy atom. The lowest BCUT2D eigenvalue weighted by Gasteiger charge is -2.40. The number of carbonyl (C=O) groups is 1. The molecule has 2 heterocycles. The number of likely N-dealkylation sites (tertiary alicyclic amines) is 1. The second kappa shape index (κ2) is 7.95. The lowest BCUT2D eigenvalue weighted by Crippen LogP contribution is -2.48. The first-order valence-corrected chi connectivity index (χ1v) is 12.7. The molecule has 0 aliphatic carbocycles. The number of ether oxygens (including phenoxy) is 1. The number of carbonyl (C=O) groups excluding carboxylic acids is 1. The van der Waals surface area contributed by atoms with E-state index >= 15 is 0 Å². The van der Waals surface area contributed by atoms with Crippen molar-refractivity contribution in [1.29, 1.82) is 0 Å². The van der Waals surface area contributed by atoms with Gasteiger partial charge in [-0.1, -0.05) is 20.8 Å². The molecule has 6 nitrogen and oxygen atoms in total. The van der Waals surface area contributed by atoms with Crippen LogP contribution in [-0.4, -0.2) is 49.1 Å². The lowest BCUT2D eigenvalue weighted by atomic mass is 10.00. The summed E-state index contributed by atoms with van der Waals surface area (Å²) in [6.07, 6.45) is 4.64. The predicted molar refractivity (Wildman–Crippen MR) is 108 cm³/mol. The molecular formula is C20H36N2O4Si. The summed E-state index contributed by atoms with van der Waals surface area (Å²) in [5, 5.41) is 0.127. The quantitative estimate of drug-likeness (QED) is 0.659. The molecule has 2 atom stereocenters. The van der Waals surface area contributed by atoms with Crippen LogP contribution in [-0.2, 0) is 9.16 Å². The Hall–Kier alpha value is -1.34. The Labute approximate surface area is 164 Å². The van der Waals surface area contributed by atoms with Gasteiger partial charge in [-0.25, -0.2) is 9.78 Å². The van der Waals surface area contributed by atoms with E-state index in [4.69, 9.17) is 13.6 Å². The van der Waals surface area contributed by atoms with Gasteiger partial charge >= 0.3 is 6.09 Å². The summed E-state index contributed by atoms with van der Waals surface area (Å²) in [6, 6.07) is 0. The molecular weight excluding hydrogens is 360 g/mol. The Bertz CT molecular complexity index is 617. The minimum Gasteiger partial charge on any atom is -0.451 e. The van der Waals surface area contributed by atoms with Crippen molar-refractivity contribution in [1.82, 2.24) is 9.88 Å². The summed E-state index contributed by atoms with van der Waals surface area (Å²) in [4.78, 5) is 18.9. The molecule has 1 aliphatic rings. The minimum atomic E-state index is -1.93. The molecule has 1 fully saturated rings. The van der Waals surface area contributed by atoms with Crippen LogP contribution in [0.1, 0.15) is 66.0 Å². The van der Waals surface area contributed by atoms with E-state index < -0.39 is 13.9 Å². The van der Waals surface area contributed by atoms with Crippen molar-refractivity contribution in [3.63, 3.8) is 0 Å².